The van der Waals surface area contributed by atoms with E-state index in [4.69, 9.17) is 0 Å². The number of hydrogen-bond acceptors (Lipinski definition) is 0. The van der Waals surface area contributed by atoms with Crippen molar-refractivity contribution in [1.82, 2.24) is 0 Å². The van der Waals surface area contributed by atoms with Crippen LogP contribution in [0.3, 0.4) is 0 Å². The summed E-state index contributed by atoms with van der Waals surface area (Å²) in [4.78, 5) is 0. The van der Waals surface area contributed by atoms with Crippen LogP contribution in [0.15, 0.2) is 182 Å². The third kappa shape index (κ3) is 3.29. The molecule has 11 aromatic carbocycles. The van der Waals surface area contributed by atoms with E-state index in [0.717, 1.165) is 0 Å². The maximum absolute atomic E-state index is 2.45. The lowest BCUT2D eigenvalue weighted by Crippen LogP contribution is -2.26. The molecule has 2 aliphatic rings. The Kier molecular flexibility index (Phi) is 5.14. The quantitative estimate of drug-likeness (QED) is 0.153. The minimum Gasteiger partial charge on any atom is -0.0619 e. The third-order valence-corrected chi connectivity index (χ3v) is 12.8. The summed E-state index contributed by atoms with van der Waals surface area (Å²) < 4.78 is 0. The summed E-state index contributed by atoms with van der Waals surface area (Å²) in [6, 6.07) is 69.1. The van der Waals surface area contributed by atoms with Crippen LogP contribution < -0.4 is 0 Å². The molecular formula is C53H30. The minimum absolute atomic E-state index is 0.463. The van der Waals surface area contributed by atoms with Gasteiger partial charge in [-0.25, -0.2) is 0 Å². The first kappa shape index (κ1) is 27.9. The first-order valence-corrected chi connectivity index (χ1v) is 18.7. The third-order valence-electron chi connectivity index (χ3n) is 12.8. The summed E-state index contributed by atoms with van der Waals surface area (Å²) >= 11 is 0. The zero-order valence-corrected chi connectivity index (χ0v) is 28.8. The molecule has 0 saturated carbocycles. The van der Waals surface area contributed by atoms with E-state index in [2.05, 4.69) is 182 Å². The Balaban J connectivity index is 1.17. The Hall–Kier alpha value is -6.76. The molecule has 0 saturated heterocycles. The fraction of sp³-hybridized carbons (Fsp3) is 0.0189. The molecule has 0 aromatic heterocycles. The van der Waals surface area contributed by atoms with Gasteiger partial charge in [-0.15, -0.1) is 0 Å². The summed E-state index contributed by atoms with van der Waals surface area (Å²) in [5.74, 6) is 0. The highest BCUT2D eigenvalue weighted by molar-refractivity contribution is 6.26. The fourth-order valence-electron chi connectivity index (χ4n) is 10.8. The smallest absolute Gasteiger partial charge is 0.0619 e. The lowest BCUT2D eigenvalue weighted by molar-refractivity contribution is 0.809. The van der Waals surface area contributed by atoms with E-state index in [1.54, 1.807) is 0 Å². The second-order valence-electron chi connectivity index (χ2n) is 15.1. The molecule has 53 heavy (non-hydrogen) atoms. The summed E-state index contributed by atoms with van der Waals surface area (Å²) in [6.07, 6.45) is 0. The van der Waals surface area contributed by atoms with Crippen LogP contribution in [0.1, 0.15) is 22.3 Å². The van der Waals surface area contributed by atoms with Gasteiger partial charge in [-0.05, 0) is 126 Å². The van der Waals surface area contributed by atoms with E-state index in [-0.39, 0.29) is 0 Å². The molecule has 0 atom stereocenters. The zero-order valence-electron chi connectivity index (χ0n) is 28.8. The average molecular weight is 667 g/mol. The Labute approximate surface area is 306 Å². The molecule has 242 valence electrons. The Morgan fingerprint density at radius 2 is 0.830 bits per heavy atom. The van der Waals surface area contributed by atoms with Crippen molar-refractivity contribution in [3.8, 4) is 33.4 Å². The Bertz CT molecular complexity index is 3340. The first-order chi connectivity index (χ1) is 26.3. The van der Waals surface area contributed by atoms with Crippen molar-refractivity contribution >= 4 is 64.6 Å². The van der Waals surface area contributed by atoms with Crippen LogP contribution in [0, 0.1) is 0 Å². The van der Waals surface area contributed by atoms with Crippen LogP contribution in [0.2, 0.25) is 0 Å². The molecule has 0 aliphatic heterocycles. The Morgan fingerprint density at radius 1 is 0.283 bits per heavy atom. The lowest BCUT2D eigenvalue weighted by atomic mass is 9.68. The summed E-state index contributed by atoms with van der Waals surface area (Å²) in [7, 11) is 0. The van der Waals surface area contributed by atoms with E-state index in [9.17, 15) is 0 Å². The van der Waals surface area contributed by atoms with Crippen LogP contribution in [0.5, 0.6) is 0 Å². The number of hydrogen-bond donors (Lipinski definition) is 0. The van der Waals surface area contributed by atoms with Crippen molar-refractivity contribution < 1.29 is 0 Å². The summed E-state index contributed by atoms with van der Waals surface area (Å²) in [5.41, 5.74) is 13.0. The van der Waals surface area contributed by atoms with Crippen LogP contribution in [-0.2, 0) is 5.41 Å². The van der Waals surface area contributed by atoms with Crippen molar-refractivity contribution in [2.75, 3.05) is 0 Å². The minimum atomic E-state index is -0.463. The maximum Gasteiger partial charge on any atom is 0.0737 e. The molecule has 0 bridgehead atoms. The number of rotatable bonds is 1. The number of benzene rings is 11. The largest absolute Gasteiger partial charge is 0.0737 e. The van der Waals surface area contributed by atoms with Crippen molar-refractivity contribution in [2.24, 2.45) is 0 Å². The van der Waals surface area contributed by atoms with E-state index in [1.807, 2.05) is 0 Å². The predicted molar refractivity (Wildman–Crippen MR) is 224 cm³/mol. The predicted octanol–water partition coefficient (Wildman–Crippen LogP) is 14.1. The highest BCUT2D eigenvalue weighted by Gasteiger charge is 2.53. The van der Waals surface area contributed by atoms with Crippen LogP contribution in [0.25, 0.3) is 98.0 Å². The SMILES string of the molecule is c1ccc2c(c1)-c1ccccc1C21c2c(ccc3cc(-c4ccc5ccc6cccc7ccc4c5c67)ccc23)-c2c1c1ccccc1c1ccccc21. The van der Waals surface area contributed by atoms with Gasteiger partial charge in [-0.1, -0.05) is 176 Å². The van der Waals surface area contributed by atoms with Gasteiger partial charge in [0.05, 0.1) is 5.41 Å². The highest BCUT2D eigenvalue weighted by atomic mass is 14.5. The van der Waals surface area contributed by atoms with Gasteiger partial charge in [0.1, 0.15) is 0 Å². The van der Waals surface area contributed by atoms with Gasteiger partial charge >= 0.3 is 0 Å². The molecule has 13 rings (SSSR count). The molecule has 0 amide bonds. The monoisotopic (exact) mass is 666 g/mol. The van der Waals surface area contributed by atoms with E-state index < -0.39 is 5.41 Å². The normalized spacial score (nSPS) is 13.8. The van der Waals surface area contributed by atoms with Gasteiger partial charge in [0, 0.05) is 0 Å². The molecule has 0 fully saturated rings. The van der Waals surface area contributed by atoms with Crippen LogP contribution in [-0.4, -0.2) is 0 Å². The molecule has 1 spiro atoms. The van der Waals surface area contributed by atoms with E-state index in [0.29, 0.717) is 0 Å². The molecule has 0 heterocycles. The van der Waals surface area contributed by atoms with Gasteiger partial charge in [0.15, 0.2) is 0 Å². The summed E-state index contributed by atoms with van der Waals surface area (Å²) in [5, 5.41) is 15.8. The maximum atomic E-state index is 2.45. The first-order valence-electron chi connectivity index (χ1n) is 18.7. The molecule has 0 unspecified atom stereocenters. The standard InChI is InChI=1S/C53H30/c1-3-16-42-38(12-1)39-13-2-4-17-44(39)52-50(42)45-29-25-35-30-34(36-26-22-33-21-20-31-10-9-11-32-23-28-43(36)49(33)48(31)32)24-27-37(35)51(45)53(52)46-18-7-5-14-40(46)41-15-6-8-19-47(41)53/h1-30H. The van der Waals surface area contributed by atoms with Gasteiger partial charge in [-0.3, -0.25) is 0 Å². The summed E-state index contributed by atoms with van der Waals surface area (Å²) in [6.45, 7) is 0. The van der Waals surface area contributed by atoms with Crippen molar-refractivity contribution in [3.63, 3.8) is 0 Å². The molecular weight excluding hydrogens is 637 g/mol. The van der Waals surface area contributed by atoms with Gasteiger partial charge < -0.3 is 0 Å². The fourth-order valence-corrected chi connectivity index (χ4v) is 10.8. The Morgan fingerprint density at radius 3 is 1.58 bits per heavy atom. The molecule has 0 radical (unpaired) electrons. The molecule has 11 aromatic rings. The topological polar surface area (TPSA) is 0 Å². The highest BCUT2D eigenvalue weighted by Crippen LogP contribution is 2.66. The molecule has 0 nitrogen and oxygen atoms in total. The molecule has 2 aliphatic carbocycles. The van der Waals surface area contributed by atoms with Gasteiger partial charge in [-0.2, -0.15) is 0 Å². The van der Waals surface area contributed by atoms with E-state index in [1.165, 1.54) is 120 Å². The zero-order chi connectivity index (χ0) is 34.4. The molecule has 0 N–H and O–H groups in total. The van der Waals surface area contributed by atoms with Gasteiger partial charge in [0.25, 0.3) is 0 Å². The van der Waals surface area contributed by atoms with Crippen LogP contribution >= 0.6 is 0 Å². The lowest BCUT2D eigenvalue weighted by Gasteiger charge is -2.32. The van der Waals surface area contributed by atoms with Crippen LogP contribution in [0.4, 0.5) is 0 Å². The second-order valence-corrected chi connectivity index (χ2v) is 15.1. The van der Waals surface area contributed by atoms with Crippen molar-refractivity contribution in [2.45, 2.75) is 5.41 Å². The average Bonchev–Trinajstić information content (AvgIpc) is 3.71. The van der Waals surface area contributed by atoms with Crippen molar-refractivity contribution in [3.05, 3.63) is 204 Å². The van der Waals surface area contributed by atoms with Gasteiger partial charge in [0.2, 0.25) is 0 Å². The number of fused-ring (bicyclic) bond motifs is 17. The molecule has 0 heteroatoms. The second kappa shape index (κ2) is 9.76. The van der Waals surface area contributed by atoms with E-state index >= 15 is 0 Å². The van der Waals surface area contributed by atoms with Crippen molar-refractivity contribution in [1.29, 1.82) is 0 Å².